The van der Waals surface area contributed by atoms with E-state index in [-0.39, 0.29) is 24.8 Å². The normalized spacial score (nSPS) is 16.3. The molecular formula is C20H15BrCl2SZr. The van der Waals surface area contributed by atoms with E-state index in [1.54, 1.807) is 0 Å². The summed E-state index contributed by atoms with van der Waals surface area (Å²) in [7, 11) is 6.04. The van der Waals surface area contributed by atoms with E-state index in [0.29, 0.717) is 5.92 Å². The second kappa shape index (κ2) is 9.15. The summed E-state index contributed by atoms with van der Waals surface area (Å²) in [6.07, 6.45) is 12.3. The summed E-state index contributed by atoms with van der Waals surface area (Å²) in [5, 5.41) is 0. The van der Waals surface area contributed by atoms with Gasteiger partial charge in [0.05, 0.1) is 0 Å². The second-order valence-electron chi connectivity index (χ2n) is 5.82. The first-order chi connectivity index (χ1) is 11.3. The first-order valence-electron chi connectivity index (χ1n) is 7.71. The second-order valence-corrected chi connectivity index (χ2v) is 13.6. The van der Waals surface area contributed by atoms with Gasteiger partial charge in [-0.1, -0.05) is 0 Å². The van der Waals surface area contributed by atoms with E-state index >= 15 is 0 Å². The van der Waals surface area contributed by atoms with Gasteiger partial charge in [0.25, 0.3) is 0 Å². The molecule has 0 saturated carbocycles. The Morgan fingerprint density at radius 1 is 1.04 bits per heavy atom. The number of hydrogen-bond acceptors (Lipinski definition) is 1. The fraction of sp³-hybridized carbons (Fsp3) is 0.100. The van der Waals surface area contributed by atoms with E-state index in [2.05, 4.69) is 88.8 Å². The molecule has 5 heteroatoms. The van der Waals surface area contributed by atoms with Crippen molar-refractivity contribution in [1.29, 1.82) is 0 Å². The minimum absolute atomic E-state index is 0. The third-order valence-corrected chi connectivity index (χ3v) is 12.6. The van der Waals surface area contributed by atoms with Crippen LogP contribution < -0.4 is 28.1 Å². The van der Waals surface area contributed by atoms with Crippen molar-refractivity contribution in [3.63, 3.8) is 0 Å². The molecule has 4 rings (SSSR count). The van der Waals surface area contributed by atoms with Gasteiger partial charge in [-0.3, -0.25) is 0 Å². The Morgan fingerprint density at radius 3 is 2.48 bits per heavy atom. The van der Waals surface area contributed by atoms with Gasteiger partial charge in [0.1, 0.15) is 0 Å². The van der Waals surface area contributed by atoms with Gasteiger partial charge in [-0.15, -0.1) is 0 Å². The van der Waals surface area contributed by atoms with Crippen molar-refractivity contribution in [1.82, 2.24) is 0 Å². The quantitative estimate of drug-likeness (QED) is 0.532. The molecule has 0 nitrogen and oxygen atoms in total. The fourth-order valence-corrected chi connectivity index (χ4v) is 9.78. The molecule has 0 heterocycles. The van der Waals surface area contributed by atoms with Crippen LogP contribution in [0.1, 0.15) is 29.0 Å². The number of benzene rings is 2. The predicted octanol–water partition coefficient (Wildman–Crippen LogP) is -0.184. The van der Waals surface area contributed by atoms with E-state index in [9.17, 15) is 0 Å². The van der Waals surface area contributed by atoms with Crippen LogP contribution in [-0.4, -0.2) is 0 Å². The molecule has 0 amide bonds. The standard InChI is InChI=1S/C15H10Br.C5H5.2ClH.S.Zr/c16-14-8-4-7-12-9-10-13(15(12)14)11-5-2-1-3-6-11;1-2-4-5-3-1;;;;/h1-6,8-10,13H;1-3H,4H2;2*1H;;/q;;;;;+2/p-2. The van der Waals surface area contributed by atoms with Crippen molar-refractivity contribution >= 4 is 34.1 Å². The van der Waals surface area contributed by atoms with E-state index in [0.717, 1.165) is 6.42 Å². The molecule has 0 N–H and O–H groups in total. The molecule has 1 unspecified atom stereocenters. The Morgan fingerprint density at radius 2 is 1.80 bits per heavy atom. The van der Waals surface area contributed by atoms with Crippen LogP contribution in [-0.2, 0) is 19.7 Å². The van der Waals surface area contributed by atoms with Crippen molar-refractivity contribution in [2.24, 2.45) is 0 Å². The van der Waals surface area contributed by atoms with Crippen LogP contribution in [0.4, 0.5) is 0 Å². The average molecular weight is 529 g/mol. The molecule has 2 aromatic carbocycles. The van der Waals surface area contributed by atoms with Crippen LogP contribution in [0.15, 0.2) is 74.5 Å². The summed E-state index contributed by atoms with van der Waals surface area (Å²) in [6.45, 7) is 0. The molecule has 126 valence electrons. The monoisotopic (exact) mass is 526 g/mol. The van der Waals surface area contributed by atoms with Crippen molar-refractivity contribution in [2.75, 3.05) is 0 Å². The van der Waals surface area contributed by atoms with Crippen molar-refractivity contribution in [3.8, 4) is 0 Å². The van der Waals surface area contributed by atoms with Crippen LogP contribution in [0.5, 0.6) is 0 Å². The molecule has 0 saturated heterocycles. The Balaban J connectivity index is 0.00000113. The molecular weight excluding hydrogens is 514 g/mol. The first kappa shape index (κ1) is 21.1. The third-order valence-electron chi connectivity index (χ3n) is 4.47. The first-order valence-corrected chi connectivity index (χ1v) is 14.4. The molecule has 2 aliphatic rings. The Bertz CT molecular complexity index is 888. The molecule has 0 aliphatic heterocycles. The summed E-state index contributed by atoms with van der Waals surface area (Å²) < 4.78 is 4.16. The van der Waals surface area contributed by atoms with Crippen LogP contribution in [0, 0.1) is 0 Å². The zero-order chi connectivity index (χ0) is 15.8. The maximum absolute atomic E-state index is 6.04. The van der Waals surface area contributed by atoms with Gasteiger partial charge in [-0.2, -0.15) is 0 Å². The molecule has 0 spiro atoms. The maximum atomic E-state index is 6.04. The Hall–Kier alpha value is -0.177. The topological polar surface area (TPSA) is 0 Å². The van der Waals surface area contributed by atoms with Gasteiger partial charge in [-0.05, 0) is 0 Å². The number of allylic oxidation sites excluding steroid dienone is 5. The molecule has 0 fully saturated rings. The molecule has 2 aromatic rings. The van der Waals surface area contributed by atoms with Gasteiger partial charge >= 0.3 is 157 Å². The Kier molecular flexibility index (Phi) is 7.73. The minimum atomic E-state index is -2.13. The summed E-state index contributed by atoms with van der Waals surface area (Å²) in [5.74, 6) is 0.336. The van der Waals surface area contributed by atoms with Crippen molar-refractivity contribution < 1.29 is 44.5 Å². The number of hydrogen-bond donors (Lipinski definition) is 0. The van der Waals surface area contributed by atoms with Crippen LogP contribution in [0.25, 0.3) is 6.08 Å². The van der Waals surface area contributed by atoms with E-state index < -0.39 is 19.7 Å². The number of rotatable bonds is 3. The summed E-state index contributed by atoms with van der Waals surface area (Å²) in [6, 6.07) is 15.2. The summed E-state index contributed by atoms with van der Waals surface area (Å²) >= 11 is 1.64. The zero-order valence-corrected chi connectivity index (χ0v) is 19.6. The number of halogens is 3. The summed E-state index contributed by atoms with van der Waals surface area (Å²) in [4.78, 5) is 0. The van der Waals surface area contributed by atoms with E-state index in [4.69, 9.17) is 8.86 Å². The van der Waals surface area contributed by atoms with Gasteiger partial charge in [0.15, 0.2) is 0 Å². The summed E-state index contributed by atoms with van der Waals surface area (Å²) in [5.41, 5.74) is 4.12. The SMILES string of the molecule is [Cl-].[Cl-].[S]=[Zr+2]([C]1=CC=CC1)[c]1ccc(Br)c2c1C=CC2c1ccccc1. The molecule has 2 aliphatic carbocycles. The molecule has 0 radical (unpaired) electrons. The Labute approximate surface area is 180 Å². The van der Waals surface area contributed by atoms with Crippen LogP contribution >= 0.6 is 24.8 Å². The van der Waals surface area contributed by atoms with Gasteiger partial charge in [0.2, 0.25) is 0 Å². The molecule has 0 aromatic heterocycles. The van der Waals surface area contributed by atoms with Gasteiger partial charge in [-0.25, -0.2) is 0 Å². The fourth-order valence-electron chi connectivity index (χ4n) is 3.32. The van der Waals surface area contributed by atoms with Gasteiger partial charge < -0.3 is 24.8 Å². The molecule has 0 bridgehead atoms. The third kappa shape index (κ3) is 4.07. The zero-order valence-electron chi connectivity index (χ0n) is 13.3. The van der Waals surface area contributed by atoms with Crippen LogP contribution in [0.3, 0.4) is 0 Å². The van der Waals surface area contributed by atoms with E-state index in [1.807, 2.05) is 0 Å². The van der Waals surface area contributed by atoms with Gasteiger partial charge in [0, 0.05) is 0 Å². The average Bonchev–Trinajstić information content (AvgIpc) is 3.26. The number of fused-ring (bicyclic) bond motifs is 1. The van der Waals surface area contributed by atoms with E-state index in [1.165, 1.54) is 27.7 Å². The van der Waals surface area contributed by atoms with Crippen molar-refractivity contribution in [2.45, 2.75) is 12.3 Å². The molecule has 25 heavy (non-hydrogen) atoms. The van der Waals surface area contributed by atoms with Crippen LogP contribution in [0.2, 0.25) is 0 Å². The predicted molar refractivity (Wildman–Crippen MR) is 101 cm³/mol. The van der Waals surface area contributed by atoms with Crippen molar-refractivity contribution in [3.05, 3.63) is 91.2 Å². The molecule has 1 atom stereocenters.